The number of benzene rings is 1. The Morgan fingerprint density at radius 3 is 2.93 bits per heavy atom. The highest BCUT2D eigenvalue weighted by Gasteiger charge is 2.22. The molecule has 0 unspecified atom stereocenters. The van der Waals surface area contributed by atoms with Gasteiger partial charge in [-0.2, -0.15) is 5.10 Å². The molecule has 0 spiro atoms. The minimum absolute atomic E-state index is 0.762. The van der Waals surface area contributed by atoms with E-state index in [4.69, 9.17) is 10.6 Å². The van der Waals surface area contributed by atoms with Crippen LogP contribution < -0.4 is 10.6 Å². The van der Waals surface area contributed by atoms with Crippen LogP contribution in [0.3, 0.4) is 0 Å². The molecule has 14 heavy (non-hydrogen) atoms. The number of nitrogens with two attached hydrogens (primary N) is 1. The minimum Gasteiger partial charge on any atom is -0.493 e. The van der Waals surface area contributed by atoms with Crippen molar-refractivity contribution in [3.8, 4) is 5.75 Å². The Morgan fingerprint density at radius 1 is 1.43 bits per heavy atom. The number of rotatable bonds is 4. The van der Waals surface area contributed by atoms with Gasteiger partial charge in [-0.1, -0.05) is 12.1 Å². The van der Waals surface area contributed by atoms with Crippen molar-refractivity contribution in [2.45, 2.75) is 12.8 Å². The summed E-state index contributed by atoms with van der Waals surface area (Å²) in [7, 11) is 0. The van der Waals surface area contributed by atoms with Crippen molar-refractivity contribution in [2.24, 2.45) is 16.9 Å². The molecule has 0 bridgehead atoms. The van der Waals surface area contributed by atoms with Crippen LogP contribution in [0.5, 0.6) is 5.75 Å². The first-order valence-corrected chi connectivity index (χ1v) is 4.85. The number of hydrazone groups is 1. The number of hydrogen-bond acceptors (Lipinski definition) is 3. The van der Waals surface area contributed by atoms with Gasteiger partial charge in [0.15, 0.2) is 0 Å². The molecule has 0 heterocycles. The van der Waals surface area contributed by atoms with Crippen LogP contribution in [-0.2, 0) is 0 Å². The van der Waals surface area contributed by atoms with Crippen molar-refractivity contribution in [2.75, 3.05) is 6.61 Å². The molecule has 3 nitrogen and oxygen atoms in total. The van der Waals surface area contributed by atoms with Gasteiger partial charge in [-0.15, -0.1) is 0 Å². The zero-order valence-corrected chi connectivity index (χ0v) is 8.02. The molecule has 1 aliphatic rings. The summed E-state index contributed by atoms with van der Waals surface area (Å²) < 4.78 is 5.67. The second-order valence-electron chi connectivity index (χ2n) is 3.57. The molecule has 1 saturated carbocycles. The zero-order chi connectivity index (χ0) is 9.80. The van der Waals surface area contributed by atoms with Gasteiger partial charge in [0.1, 0.15) is 5.75 Å². The lowest BCUT2D eigenvalue weighted by molar-refractivity contribution is 0.299. The number of para-hydroxylation sites is 1. The first kappa shape index (κ1) is 9.06. The third-order valence-corrected chi connectivity index (χ3v) is 2.30. The highest BCUT2D eigenvalue weighted by molar-refractivity contribution is 5.83. The van der Waals surface area contributed by atoms with Gasteiger partial charge in [-0.25, -0.2) is 0 Å². The lowest BCUT2D eigenvalue weighted by Gasteiger charge is -2.07. The van der Waals surface area contributed by atoms with Crippen LogP contribution in [0.15, 0.2) is 29.4 Å². The van der Waals surface area contributed by atoms with Crippen molar-refractivity contribution in [1.82, 2.24) is 0 Å². The predicted molar refractivity (Wildman–Crippen MR) is 56.4 cm³/mol. The van der Waals surface area contributed by atoms with E-state index in [1.54, 1.807) is 6.21 Å². The van der Waals surface area contributed by atoms with E-state index in [1.807, 2.05) is 24.3 Å². The van der Waals surface area contributed by atoms with Gasteiger partial charge >= 0.3 is 0 Å². The van der Waals surface area contributed by atoms with Crippen LogP contribution in [0.4, 0.5) is 0 Å². The summed E-state index contributed by atoms with van der Waals surface area (Å²) in [6.45, 7) is 0.815. The number of nitrogens with zero attached hydrogens (tertiary/aromatic N) is 1. The van der Waals surface area contributed by atoms with E-state index >= 15 is 0 Å². The van der Waals surface area contributed by atoms with E-state index in [9.17, 15) is 0 Å². The largest absolute Gasteiger partial charge is 0.493 e. The summed E-state index contributed by atoms with van der Waals surface area (Å²) in [6.07, 6.45) is 4.21. The average Bonchev–Trinajstić information content (AvgIpc) is 3.01. The molecular formula is C11H14N2O. The summed E-state index contributed by atoms with van der Waals surface area (Å²) in [4.78, 5) is 0. The number of ether oxygens (including phenoxy) is 1. The molecule has 0 aliphatic heterocycles. The number of hydrogen-bond donors (Lipinski definition) is 1. The molecule has 2 rings (SSSR count). The first-order valence-electron chi connectivity index (χ1n) is 4.85. The van der Waals surface area contributed by atoms with Crippen LogP contribution in [0.1, 0.15) is 18.4 Å². The minimum atomic E-state index is 0.762. The van der Waals surface area contributed by atoms with Gasteiger partial charge in [0, 0.05) is 5.56 Å². The fraction of sp³-hybridized carbons (Fsp3) is 0.364. The van der Waals surface area contributed by atoms with Crippen LogP contribution in [0, 0.1) is 5.92 Å². The van der Waals surface area contributed by atoms with E-state index in [-0.39, 0.29) is 0 Å². The van der Waals surface area contributed by atoms with E-state index < -0.39 is 0 Å². The third kappa shape index (κ3) is 2.25. The van der Waals surface area contributed by atoms with E-state index in [2.05, 4.69) is 5.10 Å². The summed E-state index contributed by atoms with van der Waals surface area (Å²) >= 11 is 0. The van der Waals surface area contributed by atoms with Gasteiger partial charge in [-0.3, -0.25) is 0 Å². The Hall–Kier alpha value is -1.51. The molecule has 74 valence electrons. The lowest BCUT2D eigenvalue weighted by atomic mass is 10.2. The van der Waals surface area contributed by atoms with Crippen LogP contribution in [0.25, 0.3) is 0 Å². The van der Waals surface area contributed by atoms with Gasteiger partial charge in [0.2, 0.25) is 0 Å². The van der Waals surface area contributed by atoms with E-state index in [0.717, 1.165) is 23.8 Å². The quantitative estimate of drug-likeness (QED) is 0.447. The van der Waals surface area contributed by atoms with Crippen LogP contribution in [-0.4, -0.2) is 12.8 Å². The zero-order valence-electron chi connectivity index (χ0n) is 8.02. The lowest BCUT2D eigenvalue weighted by Crippen LogP contribution is -2.01. The van der Waals surface area contributed by atoms with Crippen molar-refractivity contribution >= 4 is 6.21 Å². The first-order chi connectivity index (χ1) is 6.90. The van der Waals surface area contributed by atoms with Crippen LogP contribution >= 0.6 is 0 Å². The highest BCUT2D eigenvalue weighted by Crippen LogP contribution is 2.30. The third-order valence-electron chi connectivity index (χ3n) is 2.30. The fourth-order valence-corrected chi connectivity index (χ4v) is 1.29. The second-order valence-corrected chi connectivity index (χ2v) is 3.57. The van der Waals surface area contributed by atoms with Crippen molar-refractivity contribution in [3.63, 3.8) is 0 Å². The smallest absolute Gasteiger partial charge is 0.128 e. The van der Waals surface area contributed by atoms with Crippen molar-refractivity contribution in [1.29, 1.82) is 0 Å². The molecule has 3 heteroatoms. The molecule has 1 aromatic rings. The van der Waals surface area contributed by atoms with Gasteiger partial charge in [0.25, 0.3) is 0 Å². The predicted octanol–water partition coefficient (Wildman–Crippen LogP) is 1.77. The molecule has 2 N–H and O–H groups in total. The van der Waals surface area contributed by atoms with Crippen molar-refractivity contribution < 1.29 is 4.74 Å². The maximum atomic E-state index is 5.67. The maximum Gasteiger partial charge on any atom is 0.128 e. The van der Waals surface area contributed by atoms with Gasteiger partial charge < -0.3 is 10.6 Å². The molecule has 0 atom stereocenters. The van der Waals surface area contributed by atoms with Crippen LogP contribution in [0.2, 0.25) is 0 Å². The Morgan fingerprint density at radius 2 is 2.21 bits per heavy atom. The van der Waals surface area contributed by atoms with E-state index in [0.29, 0.717) is 0 Å². The fourth-order valence-electron chi connectivity index (χ4n) is 1.29. The highest BCUT2D eigenvalue weighted by atomic mass is 16.5. The Labute approximate surface area is 83.6 Å². The molecule has 0 aromatic heterocycles. The summed E-state index contributed by atoms with van der Waals surface area (Å²) in [5, 5.41) is 3.50. The van der Waals surface area contributed by atoms with Gasteiger partial charge in [0.05, 0.1) is 12.8 Å². The summed E-state index contributed by atoms with van der Waals surface area (Å²) in [5.41, 5.74) is 0.940. The Bertz CT molecular complexity index is 332. The molecule has 0 radical (unpaired) electrons. The molecular weight excluding hydrogens is 176 g/mol. The molecule has 1 aliphatic carbocycles. The Kier molecular flexibility index (Phi) is 2.68. The topological polar surface area (TPSA) is 47.6 Å². The Balaban J connectivity index is 2.05. The standard InChI is InChI=1S/C11H14N2O/c12-13-7-10-3-1-2-4-11(10)14-8-9-5-6-9/h1-4,7,9H,5-6,8,12H2. The maximum absolute atomic E-state index is 5.67. The second kappa shape index (κ2) is 4.13. The molecule has 1 fully saturated rings. The van der Waals surface area contributed by atoms with Crippen molar-refractivity contribution in [3.05, 3.63) is 29.8 Å². The van der Waals surface area contributed by atoms with Gasteiger partial charge in [-0.05, 0) is 30.9 Å². The molecule has 0 saturated heterocycles. The molecule has 0 amide bonds. The normalized spacial score (nSPS) is 16.0. The van der Waals surface area contributed by atoms with E-state index in [1.165, 1.54) is 12.8 Å². The monoisotopic (exact) mass is 190 g/mol. The molecule has 1 aromatic carbocycles. The SMILES string of the molecule is NN=Cc1ccccc1OCC1CC1. The summed E-state index contributed by atoms with van der Waals surface area (Å²) in [6, 6.07) is 7.79. The average molecular weight is 190 g/mol. The summed E-state index contributed by atoms with van der Waals surface area (Å²) in [5.74, 6) is 6.74.